The number of rotatable bonds is 12. The van der Waals surface area contributed by atoms with Crippen molar-refractivity contribution in [1.29, 1.82) is 0 Å². The monoisotopic (exact) mass is 470 g/mol. The van der Waals surface area contributed by atoms with Crippen molar-refractivity contribution in [2.24, 2.45) is 0 Å². The number of aryl methyl sites for hydroxylation is 1. The Labute approximate surface area is 204 Å². The van der Waals surface area contributed by atoms with Crippen LogP contribution in [0.2, 0.25) is 0 Å². The summed E-state index contributed by atoms with van der Waals surface area (Å²) in [6.07, 6.45) is 3.02. The van der Waals surface area contributed by atoms with E-state index in [0.29, 0.717) is 11.6 Å². The molecule has 1 atom stereocenters. The van der Waals surface area contributed by atoms with Gasteiger partial charge in [-0.2, -0.15) is 0 Å². The van der Waals surface area contributed by atoms with Gasteiger partial charge < -0.3 is 20.5 Å². The van der Waals surface area contributed by atoms with Crippen molar-refractivity contribution in [2.45, 2.75) is 52.0 Å². The summed E-state index contributed by atoms with van der Waals surface area (Å²) in [4.78, 5) is 18.7. The van der Waals surface area contributed by atoms with E-state index in [4.69, 9.17) is 11.6 Å². The molecule has 1 amide bonds. The molecule has 0 radical (unpaired) electrons. The Hall–Kier alpha value is -2.50. The number of H-pyrrole nitrogens is 1. The number of nitrogens with one attached hydrogen (secondary N) is 3. The number of hydrogen-bond donors (Lipinski definition) is 3. The highest BCUT2D eigenvalue weighted by Gasteiger charge is 2.16. The van der Waals surface area contributed by atoms with Crippen LogP contribution in [-0.4, -0.2) is 42.5 Å². The van der Waals surface area contributed by atoms with Crippen LogP contribution < -0.4 is 10.6 Å². The van der Waals surface area contributed by atoms with Crippen LogP contribution in [0.1, 0.15) is 66.5 Å². The Morgan fingerprint density at radius 1 is 1.09 bits per heavy atom. The minimum Gasteiger partial charge on any atom is -0.384 e. The fourth-order valence-corrected chi connectivity index (χ4v) is 3.60. The minimum atomic E-state index is -0.118. The smallest absolute Gasteiger partial charge is 0.268 e. The number of halogens is 1. The fourth-order valence-electron chi connectivity index (χ4n) is 3.42. The Bertz CT molecular complexity index is 909. The van der Waals surface area contributed by atoms with Gasteiger partial charge in [-0.05, 0) is 62.3 Å². The normalized spacial score (nSPS) is 11.7. The van der Waals surface area contributed by atoms with Gasteiger partial charge in [-0.1, -0.05) is 57.0 Å². The summed E-state index contributed by atoms with van der Waals surface area (Å²) in [6, 6.07) is 17.9. The molecule has 5 nitrogen and oxygen atoms in total. The Morgan fingerprint density at radius 2 is 1.85 bits per heavy atom. The van der Waals surface area contributed by atoms with Crippen molar-refractivity contribution in [3.05, 3.63) is 77.1 Å². The van der Waals surface area contributed by atoms with Crippen molar-refractivity contribution in [3.8, 4) is 0 Å². The van der Waals surface area contributed by atoms with Gasteiger partial charge in [0.05, 0.1) is 6.04 Å². The number of nitrogens with zero attached hydrogens (tertiary/aromatic N) is 1. The summed E-state index contributed by atoms with van der Waals surface area (Å²) in [6.45, 7) is 9.21. The lowest BCUT2D eigenvalue weighted by Crippen LogP contribution is -2.29. The summed E-state index contributed by atoms with van der Waals surface area (Å²) < 4.78 is 0. The molecule has 0 aliphatic carbocycles. The fraction of sp³-hybridized carbons (Fsp3) is 0.444. The maximum absolute atomic E-state index is 13.2. The number of carbonyl (C=O) groups is 1. The first-order valence-electron chi connectivity index (χ1n) is 11.9. The zero-order valence-corrected chi connectivity index (χ0v) is 21.2. The van der Waals surface area contributed by atoms with Crippen LogP contribution in [0.5, 0.6) is 0 Å². The van der Waals surface area contributed by atoms with Gasteiger partial charge in [0, 0.05) is 30.4 Å². The van der Waals surface area contributed by atoms with Crippen LogP contribution in [0.25, 0.3) is 0 Å². The second-order valence-corrected chi connectivity index (χ2v) is 8.67. The third-order valence-electron chi connectivity index (χ3n) is 5.68. The number of benzene rings is 1. The number of carbonyl (C=O) groups excluding carboxylic acids is 1. The highest BCUT2D eigenvalue weighted by molar-refractivity contribution is 6.17. The van der Waals surface area contributed by atoms with Gasteiger partial charge in [0.1, 0.15) is 5.69 Å². The predicted octanol–water partition coefficient (Wildman–Crippen LogP) is 6.21. The van der Waals surface area contributed by atoms with Gasteiger partial charge in [-0.3, -0.25) is 4.79 Å². The average molecular weight is 471 g/mol. The Kier molecular flexibility index (Phi) is 11.8. The number of aromatic nitrogens is 1. The van der Waals surface area contributed by atoms with Crippen molar-refractivity contribution in [2.75, 3.05) is 32.0 Å². The first-order chi connectivity index (χ1) is 16.0. The van der Waals surface area contributed by atoms with Crippen LogP contribution >= 0.6 is 11.6 Å². The Morgan fingerprint density at radius 3 is 2.52 bits per heavy atom. The number of likely N-dealkylation sites (N-methyl/N-ethyl adjacent to an activating group) is 1. The Balaban J connectivity index is 2.16. The number of alkyl halides is 1. The molecule has 1 heterocycles. The molecule has 0 aliphatic heterocycles. The van der Waals surface area contributed by atoms with E-state index in [9.17, 15) is 4.79 Å². The molecular formula is C27H39ClN4O. The zero-order chi connectivity index (χ0) is 24.1. The van der Waals surface area contributed by atoms with E-state index in [1.54, 1.807) is 6.07 Å². The topological polar surface area (TPSA) is 60.2 Å². The molecule has 3 N–H and O–H groups in total. The lowest BCUT2D eigenvalue weighted by atomic mass is 10.0. The molecule has 180 valence electrons. The molecule has 0 bridgehead atoms. The van der Waals surface area contributed by atoms with E-state index in [-0.39, 0.29) is 11.9 Å². The molecule has 33 heavy (non-hydrogen) atoms. The maximum atomic E-state index is 13.2. The second-order valence-electron chi connectivity index (χ2n) is 8.40. The third-order valence-corrected chi connectivity index (χ3v) is 5.99. The summed E-state index contributed by atoms with van der Waals surface area (Å²) in [7, 11) is 2.12. The van der Waals surface area contributed by atoms with E-state index in [1.807, 2.05) is 31.2 Å². The lowest BCUT2D eigenvalue weighted by molar-refractivity contribution is 0.0929. The minimum absolute atomic E-state index is 0.0437. The lowest BCUT2D eigenvalue weighted by Gasteiger charge is -2.20. The van der Waals surface area contributed by atoms with Gasteiger partial charge in [0.25, 0.3) is 5.91 Å². The molecule has 0 saturated heterocycles. The summed E-state index contributed by atoms with van der Waals surface area (Å²) in [5.74, 6) is 0.308. The van der Waals surface area contributed by atoms with E-state index in [0.717, 1.165) is 61.4 Å². The molecule has 0 aliphatic rings. The largest absolute Gasteiger partial charge is 0.384 e. The van der Waals surface area contributed by atoms with E-state index < -0.39 is 0 Å². The van der Waals surface area contributed by atoms with Crippen LogP contribution in [0.3, 0.4) is 0 Å². The van der Waals surface area contributed by atoms with Crippen LogP contribution in [0.4, 0.5) is 5.69 Å². The predicted molar refractivity (Wildman–Crippen MR) is 141 cm³/mol. The van der Waals surface area contributed by atoms with Gasteiger partial charge in [0.2, 0.25) is 0 Å². The second kappa shape index (κ2) is 14.6. The SMILES string of the molecule is CCCCC(NC(=O)c1cccc(CCl)ccc(C)[nH]1)c1ccc(NCCN(C)CC)cc1. The molecule has 1 aromatic heterocycles. The number of unbranched alkanes of at least 4 members (excludes halogenated alkanes) is 1. The van der Waals surface area contributed by atoms with Gasteiger partial charge in [-0.25, -0.2) is 0 Å². The molecular weight excluding hydrogens is 432 g/mol. The van der Waals surface area contributed by atoms with E-state index in [2.05, 4.69) is 65.7 Å². The van der Waals surface area contributed by atoms with Crippen molar-refractivity contribution in [1.82, 2.24) is 15.2 Å². The van der Waals surface area contributed by atoms with Gasteiger partial charge in [-0.15, -0.1) is 11.6 Å². The van der Waals surface area contributed by atoms with Crippen LogP contribution in [0, 0.1) is 6.92 Å². The molecule has 6 heteroatoms. The first kappa shape index (κ1) is 26.7. The van der Waals surface area contributed by atoms with Crippen molar-refractivity contribution < 1.29 is 4.79 Å². The quantitative estimate of drug-likeness (QED) is 0.323. The van der Waals surface area contributed by atoms with Crippen LogP contribution in [-0.2, 0) is 5.88 Å². The summed E-state index contributed by atoms with van der Waals surface area (Å²) in [5, 5.41) is 6.70. The molecule has 0 saturated carbocycles. The van der Waals surface area contributed by atoms with Gasteiger partial charge >= 0.3 is 0 Å². The van der Waals surface area contributed by atoms with Crippen molar-refractivity contribution in [3.63, 3.8) is 0 Å². The standard InChI is InChI=1S/C27H39ClN4O/c1-5-7-10-25(23-14-16-24(17-15-23)29-18-19-32(4)6-2)31-27(33)26-11-8-9-22(20-28)13-12-21(3)30-26/h8-9,11-17,25,29-30H,5-7,10,18-20H2,1-4H3,(H,31,33). The van der Waals surface area contributed by atoms with Gasteiger partial charge in [0.15, 0.2) is 0 Å². The number of aromatic amines is 1. The van der Waals surface area contributed by atoms with Crippen LogP contribution in [0.15, 0.2) is 54.6 Å². The first-order valence-corrected chi connectivity index (χ1v) is 12.4. The summed E-state index contributed by atoms with van der Waals surface area (Å²) >= 11 is 5.98. The molecule has 2 aromatic rings. The molecule has 1 aromatic carbocycles. The maximum Gasteiger partial charge on any atom is 0.268 e. The number of amides is 1. The highest BCUT2D eigenvalue weighted by atomic mass is 35.5. The molecule has 2 rings (SSSR count). The average Bonchev–Trinajstić information content (AvgIpc) is 2.92. The van der Waals surface area contributed by atoms with E-state index in [1.165, 1.54) is 0 Å². The summed E-state index contributed by atoms with van der Waals surface area (Å²) in [5.41, 5.74) is 4.61. The zero-order valence-electron chi connectivity index (χ0n) is 20.5. The number of anilines is 1. The van der Waals surface area contributed by atoms with Crippen molar-refractivity contribution >= 4 is 23.2 Å². The van der Waals surface area contributed by atoms with E-state index >= 15 is 0 Å². The number of hydrogen-bond acceptors (Lipinski definition) is 3. The molecule has 0 fully saturated rings. The molecule has 0 spiro atoms. The highest BCUT2D eigenvalue weighted by Crippen LogP contribution is 2.22. The molecule has 1 unspecified atom stereocenters. The third kappa shape index (κ3) is 9.48.